The minimum absolute atomic E-state index is 0.830. The van der Waals surface area contributed by atoms with Crippen LogP contribution in [-0.4, -0.2) is 16.5 Å². The second kappa shape index (κ2) is 5.82. The number of aryl methyl sites for hydroxylation is 1. The Hall–Kier alpha value is -1.62. The molecule has 96 valence electrons. The maximum Gasteiger partial charge on any atom is 0.139 e. The standard InChI is InChI=1S/C13H18N4S/c1-4-11-16-12(14-5-2)9(3)13(17-11)15-10-6-7-18-8-10/h6-8H,4-5H2,1-3H3,(H2,14,15,16,17). The molecule has 5 heteroatoms. The molecule has 0 bridgehead atoms. The van der Waals surface area contributed by atoms with Crippen molar-refractivity contribution in [1.29, 1.82) is 0 Å². The first-order valence-corrected chi connectivity index (χ1v) is 7.09. The van der Waals surface area contributed by atoms with E-state index in [0.717, 1.165) is 41.7 Å². The van der Waals surface area contributed by atoms with Gasteiger partial charge in [-0.15, -0.1) is 0 Å². The third-order valence-electron chi connectivity index (χ3n) is 2.64. The minimum Gasteiger partial charge on any atom is -0.370 e. The molecule has 0 aliphatic carbocycles. The van der Waals surface area contributed by atoms with Crippen molar-refractivity contribution in [3.63, 3.8) is 0 Å². The first-order chi connectivity index (χ1) is 8.74. The molecule has 2 aromatic heterocycles. The van der Waals surface area contributed by atoms with E-state index in [4.69, 9.17) is 0 Å². The first kappa shape index (κ1) is 12.8. The van der Waals surface area contributed by atoms with E-state index in [1.165, 1.54) is 0 Å². The van der Waals surface area contributed by atoms with Gasteiger partial charge in [0.25, 0.3) is 0 Å². The summed E-state index contributed by atoms with van der Waals surface area (Å²) in [5.41, 5.74) is 2.13. The molecule has 0 aliphatic rings. The van der Waals surface area contributed by atoms with Gasteiger partial charge in [0.2, 0.25) is 0 Å². The molecule has 0 aromatic carbocycles. The van der Waals surface area contributed by atoms with Crippen LogP contribution in [0.5, 0.6) is 0 Å². The Balaban J connectivity index is 2.35. The van der Waals surface area contributed by atoms with Gasteiger partial charge >= 0.3 is 0 Å². The van der Waals surface area contributed by atoms with E-state index < -0.39 is 0 Å². The molecule has 0 unspecified atom stereocenters. The maximum atomic E-state index is 4.55. The Morgan fingerprint density at radius 1 is 1.22 bits per heavy atom. The molecule has 2 N–H and O–H groups in total. The first-order valence-electron chi connectivity index (χ1n) is 6.15. The number of rotatable bonds is 5. The topological polar surface area (TPSA) is 49.8 Å². The summed E-state index contributed by atoms with van der Waals surface area (Å²) in [4.78, 5) is 9.06. The molecule has 2 rings (SSSR count). The van der Waals surface area contributed by atoms with Crippen molar-refractivity contribution in [2.45, 2.75) is 27.2 Å². The minimum atomic E-state index is 0.830. The smallest absolute Gasteiger partial charge is 0.139 e. The molecule has 0 aliphatic heterocycles. The lowest BCUT2D eigenvalue weighted by molar-refractivity contribution is 0.930. The molecule has 0 saturated carbocycles. The van der Waals surface area contributed by atoms with Gasteiger partial charge in [0.05, 0.1) is 5.69 Å². The van der Waals surface area contributed by atoms with Crippen molar-refractivity contribution in [2.24, 2.45) is 0 Å². The van der Waals surface area contributed by atoms with Gasteiger partial charge in [0.15, 0.2) is 0 Å². The van der Waals surface area contributed by atoms with Crippen LogP contribution < -0.4 is 10.6 Å². The lowest BCUT2D eigenvalue weighted by atomic mass is 10.2. The van der Waals surface area contributed by atoms with Gasteiger partial charge in [0, 0.05) is 23.9 Å². The Morgan fingerprint density at radius 3 is 2.61 bits per heavy atom. The van der Waals surface area contributed by atoms with Crippen LogP contribution in [0.1, 0.15) is 25.2 Å². The molecule has 18 heavy (non-hydrogen) atoms. The highest BCUT2D eigenvalue weighted by Crippen LogP contribution is 2.24. The summed E-state index contributed by atoms with van der Waals surface area (Å²) in [7, 11) is 0. The zero-order valence-corrected chi connectivity index (χ0v) is 11.8. The molecule has 0 fully saturated rings. The number of thiophene rings is 1. The zero-order valence-electron chi connectivity index (χ0n) is 10.9. The molecule has 0 spiro atoms. The van der Waals surface area contributed by atoms with Crippen LogP contribution >= 0.6 is 11.3 Å². The van der Waals surface area contributed by atoms with Crippen LogP contribution in [0.3, 0.4) is 0 Å². The van der Waals surface area contributed by atoms with Crippen molar-refractivity contribution < 1.29 is 0 Å². The van der Waals surface area contributed by atoms with Gasteiger partial charge in [-0.2, -0.15) is 11.3 Å². The van der Waals surface area contributed by atoms with Crippen LogP contribution in [0.2, 0.25) is 0 Å². The van der Waals surface area contributed by atoms with Crippen molar-refractivity contribution in [3.8, 4) is 0 Å². The zero-order chi connectivity index (χ0) is 13.0. The SMILES string of the molecule is CCNc1nc(CC)nc(Nc2ccsc2)c1C. The normalized spacial score (nSPS) is 10.4. The number of nitrogens with one attached hydrogen (secondary N) is 2. The summed E-state index contributed by atoms with van der Waals surface area (Å²) >= 11 is 1.67. The number of aromatic nitrogens is 2. The van der Waals surface area contributed by atoms with Crippen molar-refractivity contribution in [1.82, 2.24) is 9.97 Å². The van der Waals surface area contributed by atoms with Gasteiger partial charge in [-0.25, -0.2) is 9.97 Å². The second-order valence-electron chi connectivity index (χ2n) is 3.98. The Kier molecular flexibility index (Phi) is 4.15. The van der Waals surface area contributed by atoms with Crippen molar-refractivity contribution in [2.75, 3.05) is 17.2 Å². The van der Waals surface area contributed by atoms with E-state index in [1.54, 1.807) is 11.3 Å². The largest absolute Gasteiger partial charge is 0.370 e. The van der Waals surface area contributed by atoms with Crippen molar-refractivity contribution >= 4 is 28.7 Å². The molecule has 4 nitrogen and oxygen atoms in total. The van der Waals surface area contributed by atoms with E-state index >= 15 is 0 Å². The Labute approximate surface area is 111 Å². The number of anilines is 3. The van der Waals surface area contributed by atoms with Crippen LogP contribution in [0.25, 0.3) is 0 Å². The fourth-order valence-corrected chi connectivity index (χ4v) is 2.24. The molecule has 0 saturated heterocycles. The van der Waals surface area contributed by atoms with Gasteiger partial charge in [-0.05, 0) is 25.3 Å². The van der Waals surface area contributed by atoms with E-state index in [9.17, 15) is 0 Å². The lowest BCUT2D eigenvalue weighted by Crippen LogP contribution is -2.08. The molecule has 0 atom stereocenters. The Bertz CT molecular complexity index is 508. The predicted molar refractivity (Wildman–Crippen MR) is 77.9 cm³/mol. The number of hydrogen-bond acceptors (Lipinski definition) is 5. The summed E-state index contributed by atoms with van der Waals surface area (Å²) in [5, 5.41) is 10.7. The Morgan fingerprint density at radius 2 is 2.00 bits per heavy atom. The van der Waals surface area contributed by atoms with E-state index in [-0.39, 0.29) is 0 Å². The van der Waals surface area contributed by atoms with Gasteiger partial charge in [-0.1, -0.05) is 6.92 Å². The van der Waals surface area contributed by atoms with Gasteiger partial charge in [-0.3, -0.25) is 0 Å². The summed E-state index contributed by atoms with van der Waals surface area (Å²) < 4.78 is 0. The molecule has 2 aromatic rings. The highest BCUT2D eigenvalue weighted by atomic mass is 32.1. The summed E-state index contributed by atoms with van der Waals surface area (Å²) in [6.07, 6.45) is 0.830. The second-order valence-corrected chi connectivity index (χ2v) is 4.76. The van der Waals surface area contributed by atoms with Crippen LogP contribution in [-0.2, 0) is 6.42 Å². The quantitative estimate of drug-likeness (QED) is 0.864. The summed E-state index contributed by atoms with van der Waals surface area (Å²) in [6.45, 7) is 7.03. The number of nitrogens with zero attached hydrogens (tertiary/aromatic N) is 2. The summed E-state index contributed by atoms with van der Waals surface area (Å²) in [6, 6.07) is 2.05. The van der Waals surface area contributed by atoms with Crippen LogP contribution in [0.15, 0.2) is 16.8 Å². The third kappa shape index (κ3) is 2.79. The summed E-state index contributed by atoms with van der Waals surface area (Å²) in [5.74, 6) is 2.66. The van der Waals surface area contributed by atoms with E-state index in [0.29, 0.717) is 0 Å². The molecule has 2 heterocycles. The number of hydrogen-bond donors (Lipinski definition) is 2. The molecule has 0 radical (unpaired) electrons. The third-order valence-corrected chi connectivity index (χ3v) is 3.32. The van der Waals surface area contributed by atoms with E-state index in [1.807, 2.05) is 18.4 Å². The van der Waals surface area contributed by atoms with E-state index in [2.05, 4.69) is 39.8 Å². The fraction of sp³-hybridized carbons (Fsp3) is 0.385. The average Bonchev–Trinajstić information content (AvgIpc) is 2.87. The predicted octanol–water partition coefficient (Wildman–Crippen LogP) is 3.58. The van der Waals surface area contributed by atoms with Crippen molar-refractivity contribution in [3.05, 3.63) is 28.2 Å². The molecular formula is C13H18N4S. The van der Waals surface area contributed by atoms with Gasteiger partial charge < -0.3 is 10.6 Å². The molecule has 0 amide bonds. The maximum absolute atomic E-state index is 4.55. The fourth-order valence-electron chi connectivity index (χ4n) is 1.65. The highest BCUT2D eigenvalue weighted by Gasteiger charge is 2.09. The van der Waals surface area contributed by atoms with Crippen LogP contribution in [0, 0.1) is 6.92 Å². The highest BCUT2D eigenvalue weighted by molar-refractivity contribution is 7.08. The van der Waals surface area contributed by atoms with Gasteiger partial charge in [0.1, 0.15) is 17.5 Å². The lowest BCUT2D eigenvalue weighted by Gasteiger charge is -2.13. The van der Waals surface area contributed by atoms with Crippen LogP contribution in [0.4, 0.5) is 17.3 Å². The average molecular weight is 262 g/mol. The monoisotopic (exact) mass is 262 g/mol. The molecular weight excluding hydrogens is 244 g/mol.